The predicted octanol–water partition coefficient (Wildman–Crippen LogP) is 5.60. The molecule has 1 unspecified atom stereocenters. The molecule has 6 heteroatoms. The fourth-order valence-corrected chi connectivity index (χ4v) is 4.93. The van der Waals surface area contributed by atoms with Gasteiger partial charge in [-0.05, 0) is 51.5 Å². The average Bonchev–Trinajstić information content (AvgIpc) is 2.99. The van der Waals surface area contributed by atoms with Crippen molar-refractivity contribution in [3.8, 4) is 0 Å². The van der Waals surface area contributed by atoms with Crippen LogP contribution in [0.4, 0.5) is 10.3 Å². The maximum Gasteiger partial charge on any atom is 0.209 e. The summed E-state index contributed by atoms with van der Waals surface area (Å²) in [5.41, 5.74) is 3.96. The van der Waals surface area contributed by atoms with Gasteiger partial charge in [-0.25, -0.2) is 9.37 Å². The molecule has 0 radical (unpaired) electrons. The van der Waals surface area contributed by atoms with Gasteiger partial charge in [0.25, 0.3) is 0 Å². The highest BCUT2D eigenvalue weighted by Crippen LogP contribution is 2.48. The number of rotatable bonds is 1. The number of allylic oxidation sites excluding steroid dienone is 2. The number of carbonyl (C=O) groups is 1. The molecule has 1 atom stereocenters. The fourth-order valence-electron chi connectivity index (χ4n) is 4.45. The van der Waals surface area contributed by atoms with Gasteiger partial charge >= 0.3 is 0 Å². The van der Waals surface area contributed by atoms with E-state index in [1.54, 1.807) is 6.07 Å². The molecule has 2 aromatic carbocycles. The largest absolute Gasteiger partial charge is 0.329 e. The number of imidazole rings is 1. The van der Waals surface area contributed by atoms with Crippen molar-refractivity contribution < 1.29 is 9.18 Å². The Morgan fingerprint density at radius 1 is 1.18 bits per heavy atom. The van der Waals surface area contributed by atoms with Gasteiger partial charge in [0.2, 0.25) is 5.95 Å². The summed E-state index contributed by atoms with van der Waals surface area (Å²) in [7, 11) is 0. The number of hydrogen-bond acceptors (Lipinski definition) is 3. The third-order valence-electron chi connectivity index (χ3n) is 5.59. The zero-order chi connectivity index (χ0) is 19.6. The van der Waals surface area contributed by atoms with Crippen molar-refractivity contribution >= 4 is 38.7 Å². The number of ketones is 1. The maximum atomic E-state index is 14.4. The van der Waals surface area contributed by atoms with Crippen molar-refractivity contribution in [3.63, 3.8) is 0 Å². The summed E-state index contributed by atoms with van der Waals surface area (Å²) >= 11 is 3.42. The molecule has 5 rings (SSSR count). The molecular formula is C22H19BrFN3O. The quantitative estimate of drug-likeness (QED) is 0.536. The van der Waals surface area contributed by atoms with Crippen LogP contribution in [0.25, 0.3) is 11.0 Å². The van der Waals surface area contributed by atoms with Crippen LogP contribution in [-0.2, 0) is 4.79 Å². The molecule has 0 saturated heterocycles. The van der Waals surface area contributed by atoms with Crippen molar-refractivity contribution in [3.05, 3.63) is 69.6 Å². The summed E-state index contributed by atoms with van der Waals surface area (Å²) in [5, 5.41) is 3.41. The topological polar surface area (TPSA) is 46.9 Å². The van der Waals surface area contributed by atoms with Gasteiger partial charge in [-0.1, -0.05) is 38.1 Å². The minimum atomic E-state index is -0.424. The second-order valence-electron chi connectivity index (χ2n) is 8.30. The Balaban J connectivity index is 1.83. The molecule has 3 aromatic rings. The number of benzene rings is 2. The van der Waals surface area contributed by atoms with Crippen LogP contribution < -0.4 is 5.32 Å². The van der Waals surface area contributed by atoms with Crippen LogP contribution >= 0.6 is 15.9 Å². The van der Waals surface area contributed by atoms with Crippen LogP contribution in [0.3, 0.4) is 0 Å². The van der Waals surface area contributed by atoms with Crippen molar-refractivity contribution in [2.24, 2.45) is 5.41 Å². The summed E-state index contributed by atoms with van der Waals surface area (Å²) in [6.45, 7) is 4.20. The minimum Gasteiger partial charge on any atom is -0.329 e. The SMILES string of the molecule is CC1(C)CC(=O)C2=C(C1)Nc1nc3ccccc3n1C2c1cccc(F)c1Br. The van der Waals surface area contributed by atoms with E-state index in [0.717, 1.165) is 28.7 Å². The molecule has 1 aromatic heterocycles. The first-order valence-corrected chi connectivity index (χ1v) is 10.1. The molecule has 2 heterocycles. The molecule has 0 bridgehead atoms. The van der Waals surface area contributed by atoms with E-state index < -0.39 is 6.04 Å². The predicted molar refractivity (Wildman–Crippen MR) is 111 cm³/mol. The van der Waals surface area contributed by atoms with E-state index in [0.29, 0.717) is 22.4 Å². The standard InChI is InChI=1S/C22H19BrFN3O/c1-22(2)10-15-18(17(28)11-22)20(12-6-5-7-13(24)19(12)23)27-16-9-4-3-8-14(16)25-21(27)26-15/h3-9,20H,10-11H2,1-2H3,(H,25,26). The normalized spacial score (nSPS) is 20.7. The zero-order valence-electron chi connectivity index (χ0n) is 15.6. The second kappa shape index (κ2) is 6.01. The summed E-state index contributed by atoms with van der Waals surface area (Å²) in [4.78, 5) is 18.0. The van der Waals surface area contributed by atoms with Gasteiger partial charge in [0.15, 0.2) is 5.78 Å². The number of hydrogen-bond donors (Lipinski definition) is 1. The van der Waals surface area contributed by atoms with Gasteiger partial charge in [-0.3, -0.25) is 9.36 Å². The number of halogens is 2. The lowest BCUT2D eigenvalue weighted by molar-refractivity contribution is -0.118. The van der Waals surface area contributed by atoms with E-state index in [2.05, 4.69) is 35.1 Å². The maximum absolute atomic E-state index is 14.4. The zero-order valence-corrected chi connectivity index (χ0v) is 17.2. The number of carbonyl (C=O) groups excluding carboxylic acids is 1. The summed E-state index contributed by atoms with van der Waals surface area (Å²) in [6, 6.07) is 12.4. The molecule has 0 amide bonds. The summed E-state index contributed by atoms with van der Waals surface area (Å²) < 4.78 is 16.8. The van der Waals surface area contributed by atoms with Crippen molar-refractivity contribution in [1.29, 1.82) is 0 Å². The second-order valence-corrected chi connectivity index (χ2v) is 9.09. The van der Waals surface area contributed by atoms with E-state index >= 15 is 0 Å². The van der Waals surface area contributed by atoms with Gasteiger partial charge in [0.05, 0.1) is 21.5 Å². The molecule has 1 aliphatic heterocycles. The third-order valence-corrected chi connectivity index (χ3v) is 6.42. The van der Waals surface area contributed by atoms with Crippen molar-refractivity contribution in [2.75, 3.05) is 5.32 Å². The number of aromatic nitrogens is 2. The molecular weight excluding hydrogens is 421 g/mol. The van der Waals surface area contributed by atoms with Crippen molar-refractivity contribution in [2.45, 2.75) is 32.7 Å². The Kier molecular flexibility index (Phi) is 3.78. The number of anilines is 1. The Morgan fingerprint density at radius 3 is 2.79 bits per heavy atom. The summed E-state index contributed by atoms with van der Waals surface area (Å²) in [6.07, 6.45) is 1.22. The monoisotopic (exact) mass is 439 g/mol. The van der Waals surface area contributed by atoms with Crippen LogP contribution in [0.5, 0.6) is 0 Å². The molecule has 1 aliphatic carbocycles. The van der Waals surface area contributed by atoms with Crippen LogP contribution in [0.1, 0.15) is 38.3 Å². The Hall–Kier alpha value is -2.47. The van der Waals surface area contributed by atoms with E-state index in [1.165, 1.54) is 6.07 Å². The summed E-state index contributed by atoms with van der Waals surface area (Å²) in [5.74, 6) is 0.447. The first-order chi connectivity index (χ1) is 13.4. The minimum absolute atomic E-state index is 0.100. The van der Waals surface area contributed by atoms with Gasteiger partial charge < -0.3 is 5.32 Å². The Labute approximate surface area is 170 Å². The van der Waals surface area contributed by atoms with Crippen molar-refractivity contribution in [1.82, 2.24) is 9.55 Å². The molecule has 2 aliphatic rings. The average molecular weight is 440 g/mol. The van der Waals surface area contributed by atoms with Gasteiger partial charge in [0, 0.05) is 17.7 Å². The first kappa shape index (κ1) is 17.6. The van der Waals surface area contributed by atoms with E-state index in [1.807, 2.05) is 34.9 Å². The fraction of sp³-hybridized carbons (Fsp3) is 0.273. The lowest BCUT2D eigenvalue weighted by Gasteiger charge is -2.39. The Morgan fingerprint density at radius 2 is 1.96 bits per heavy atom. The number of fused-ring (bicyclic) bond motifs is 3. The third kappa shape index (κ3) is 2.54. The van der Waals surface area contributed by atoms with Gasteiger partial charge in [-0.15, -0.1) is 0 Å². The van der Waals surface area contributed by atoms with Crippen LogP contribution in [0, 0.1) is 11.2 Å². The number of Topliss-reactive ketones (excluding diaryl/α,β-unsaturated/α-hetero) is 1. The van der Waals surface area contributed by atoms with Crippen LogP contribution in [-0.4, -0.2) is 15.3 Å². The van der Waals surface area contributed by atoms with Crippen LogP contribution in [0.2, 0.25) is 0 Å². The molecule has 0 spiro atoms. The molecule has 1 N–H and O–H groups in total. The molecule has 28 heavy (non-hydrogen) atoms. The lowest BCUT2D eigenvalue weighted by Crippen LogP contribution is -2.36. The molecule has 4 nitrogen and oxygen atoms in total. The smallest absolute Gasteiger partial charge is 0.209 e. The van der Waals surface area contributed by atoms with E-state index in [4.69, 9.17) is 4.98 Å². The Bertz CT molecular complexity index is 1180. The molecule has 0 fully saturated rings. The van der Waals surface area contributed by atoms with Gasteiger partial charge in [0.1, 0.15) is 5.82 Å². The van der Waals surface area contributed by atoms with E-state index in [-0.39, 0.29) is 17.0 Å². The number of nitrogens with one attached hydrogen (secondary N) is 1. The first-order valence-electron chi connectivity index (χ1n) is 9.30. The highest BCUT2D eigenvalue weighted by atomic mass is 79.9. The van der Waals surface area contributed by atoms with E-state index in [9.17, 15) is 9.18 Å². The molecule has 142 valence electrons. The molecule has 0 saturated carbocycles. The van der Waals surface area contributed by atoms with Crippen LogP contribution in [0.15, 0.2) is 58.2 Å². The lowest BCUT2D eigenvalue weighted by atomic mass is 9.73. The highest BCUT2D eigenvalue weighted by molar-refractivity contribution is 9.10. The number of para-hydroxylation sites is 2. The number of nitrogens with zero attached hydrogens (tertiary/aromatic N) is 2. The van der Waals surface area contributed by atoms with Gasteiger partial charge in [-0.2, -0.15) is 0 Å². The highest BCUT2D eigenvalue weighted by Gasteiger charge is 2.42.